The molecule has 2 aliphatic rings. The van der Waals surface area contributed by atoms with Gasteiger partial charge in [0.15, 0.2) is 16.6 Å². The third-order valence-corrected chi connectivity index (χ3v) is 5.76. The van der Waals surface area contributed by atoms with Crippen molar-refractivity contribution < 1.29 is 4.74 Å². The molecule has 10 nitrogen and oxygen atoms in total. The maximum Gasteiger partial charge on any atom is 0.257 e. The van der Waals surface area contributed by atoms with Crippen molar-refractivity contribution in [2.24, 2.45) is 7.05 Å². The molecule has 1 aliphatic carbocycles. The van der Waals surface area contributed by atoms with Crippen LogP contribution in [-0.4, -0.2) is 45.9 Å². The summed E-state index contributed by atoms with van der Waals surface area (Å²) in [6, 6.07) is 2.03. The number of hydrogen-bond acceptors (Lipinski definition) is 7. The average molecular weight is 426 g/mol. The van der Waals surface area contributed by atoms with Gasteiger partial charge in [0.05, 0.1) is 23.4 Å². The lowest BCUT2D eigenvalue weighted by Crippen LogP contribution is -2.09. The van der Waals surface area contributed by atoms with Crippen molar-refractivity contribution in [3.63, 3.8) is 0 Å². The van der Waals surface area contributed by atoms with E-state index in [-0.39, 0.29) is 0 Å². The van der Waals surface area contributed by atoms with Crippen LogP contribution in [0.3, 0.4) is 0 Å². The smallest absolute Gasteiger partial charge is 0.257 e. The quantitative estimate of drug-likeness (QED) is 0.526. The molecule has 154 valence electrons. The average Bonchev–Trinajstić information content (AvgIpc) is 3.33. The molecule has 0 spiro atoms. The molecule has 1 aliphatic heterocycles. The monoisotopic (exact) mass is 425 g/mol. The van der Waals surface area contributed by atoms with Crippen LogP contribution in [0.15, 0.2) is 12.3 Å². The molecule has 4 aromatic heterocycles. The zero-order chi connectivity index (χ0) is 20.4. The maximum absolute atomic E-state index is 6.26. The molecule has 0 saturated heterocycles. The Kier molecular flexibility index (Phi) is 3.79. The van der Waals surface area contributed by atoms with Crippen molar-refractivity contribution in [3.8, 4) is 11.7 Å². The molecule has 0 unspecified atom stereocenters. The van der Waals surface area contributed by atoms with E-state index in [0.29, 0.717) is 41.7 Å². The Bertz CT molecular complexity index is 1280. The normalized spacial score (nSPS) is 16.2. The fraction of sp³-hybridized carbons (Fsp3) is 0.421. The summed E-state index contributed by atoms with van der Waals surface area (Å²) in [4.78, 5) is 9.15. The van der Waals surface area contributed by atoms with Crippen LogP contribution in [0.1, 0.15) is 36.6 Å². The maximum atomic E-state index is 6.26. The van der Waals surface area contributed by atoms with Gasteiger partial charge < -0.3 is 10.1 Å². The topological polar surface area (TPSA) is 101 Å². The van der Waals surface area contributed by atoms with Crippen molar-refractivity contribution in [1.29, 1.82) is 0 Å². The first-order valence-corrected chi connectivity index (χ1v) is 10.4. The summed E-state index contributed by atoms with van der Waals surface area (Å²) < 4.78 is 11.7. The summed E-state index contributed by atoms with van der Waals surface area (Å²) in [5.74, 6) is 2.33. The number of hydrogen-bond donors (Lipinski definition) is 1. The highest BCUT2D eigenvalue weighted by Crippen LogP contribution is 2.48. The molecule has 0 aromatic carbocycles. The number of aryl methyl sites for hydroxylation is 3. The molecule has 1 N–H and O–H groups in total. The molecule has 0 atom stereocenters. The van der Waals surface area contributed by atoms with Gasteiger partial charge in [0.1, 0.15) is 5.69 Å². The van der Waals surface area contributed by atoms with Crippen molar-refractivity contribution in [1.82, 2.24) is 39.3 Å². The second-order valence-electron chi connectivity index (χ2n) is 7.79. The van der Waals surface area contributed by atoms with Gasteiger partial charge in [0, 0.05) is 38.2 Å². The lowest BCUT2D eigenvalue weighted by atomic mass is 10.2. The van der Waals surface area contributed by atoms with E-state index < -0.39 is 0 Å². The standard InChI is InChI=1S/C19H20ClN9O/c1-10-8-13(27(2)24-10)29-15(11-4-5-11)14-18(26-29)30-7-3-6-28-17-12(16(20)25-28)9-21-19(22-14)23-17/h8-9,11H,3-7H2,1-2H3,(H,21,22,23). The summed E-state index contributed by atoms with van der Waals surface area (Å²) >= 11 is 6.26. The minimum atomic E-state index is 0.404. The van der Waals surface area contributed by atoms with Crippen molar-refractivity contribution in [3.05, 3.63) is 28.8 Å². The molecule has 30 heavy (non-hydrogen) atoms. The highest BCUT2D eigenvalue weighted by atomic mass is 35.5. The van der Waals surface area contributed by atoms with Crippen molar-refractivity contribution in [2.75, 3.05) is 11.9 Å². The molecule has 4 aromatic rings. The van der Waals surface area contributed by atoms with E-state index >= 15 is 0 Å². The third kappa shape index (κ3) is 2.74. The number of fused-ring (bicyclic) bond motifs is 2. The fourth-order valence-electron chi connectivity index (χ4n) is 3.97. The van der Waals surface area contributed by atoms with Gasteiger partial charge in [-0.2, -0.15) is 15.2 Å². The molecule has 5 heterocycles. The lowest BCUT2D eigenvalue weighted by molar-refractivity contribution is 0.288. The molecule has 2 bridgehead atoms. The van der Waals surface area contributed by atoms with Crippen molar-refractivity contribution in [2.45, 2.75) is 38.6 Å². The van der Waals surface area contributed by atoms with Crippen LogP contribution in [0.25, 0.3) is 16.9 Å². The van der Waals surface area contributed by atoms with Gasteiger partial charge in [-0.3, -0.25) is 4.68 Å². The minimum Gasteiger partial charge on any atom is -0.475 e. The number of nitrogens with zero attached hydrogens (tertiary/aromatic N) is 8. The van der Waals surface area contributed by atoms with Crippen LogP contribution >= 0.6 is 11.6 Å². The zero-order valence-electron chi connectivity index (χ0n) is 16.6. The van der Waals surface area contributed by atoms with E-state index in [1.807, 2.05) is 29.4 Å². The molecule has 0 radical (unpaired) electrons. The van der Waals surface area contributed by atoms with Gasteiger partial charge in [-0.1, -0.05) is 11.6 Å². The van der Waals surface area contributed by atoms with E-state index in [1.54, 1.807) is 10.9 Å². The third-order valence-electron chi connectivity index (χ3n) is 5.48. The number of ether oxygens (including phenoxy) is 1. The SMILES string of the molecule is Cc1cc(-n2nc3c(c2C2CC2)Nc2ncc4c(Cl)nn(c4n2)CCCO3)n(C)n1. The molecule has 1 saturated carbocycles. The molecule has 0 amide bonds. The zero-order valence-corrected chi connectivity index (χ0v) is 17.4. The summed E-state index contributed by atoms with van der Waals surface area (Å²) in [6.07, 6.45) is 4.68. The van der Waals surface area contributed by atoms with Crippen LogP contribution in [0.4, 0.5) is 11.6 Å². The Balaban J connectivity index is 1.53. The Morgan fingerprint density at radius 3 is 2.87 bits per heavy atom. The van der Waals surface area contributed by atoms with E-state index in [0.717, 1.165) is 47.5 Å². The van der Waals surface area contributed by atoms with Gasteiger partial charge in [0.25, 0.3) is 5.88 Å². The second kappa shape index (κ2) is 6.43. The van der Waals surface area contributed by atoms with Crippen LogP contribution in [-0.2, 0) is 13.6 Å². The Labute approximate surface area is 176 Å². The predicted octanol–water partition coefficient (Wildman–Crippen LogP) is 3.11. The first kappa shape index (κ1) is 17.7. The molecular formula is C19H20ClN9O. The van der Waals surface area contributed by atoms with E-state index in [2.05, 4.69) is 25.5 Å². The number of anilines is 2. The number of rotatable bonds is 2. The van der Waals surface area contributed by atoms with Gasteiger partial charge in [-0.15, -0.1) is 5.10 Å². The Morgan fingerprint density at radius 2 is 2.10 bits per heavy atom. The Morgan fingerprint density at radius 1 is 1.23 bits per heavy atom. The van der Waals surface area contributed by atoms with Gasteiger partial charge in [0.2, 0.25) is 5.95 Å². The highest BCUT2D eigenvalue weighted by Gasteiger charge is 2.35. The largest absolute Gasteiger partial charge is 0.475 e. The van der Waals surface area contributed by atoms with Crippen LogP contribution < -0.4 is 10.1 Å². The van der Waals surface area contributed by atoms with Gasteiger partial charge in [-0.25, -0.2) is 14.3 Å². The van der Waals surface area contributed by atoms with E-state index in [4.69, 9.17) is 21.4 Å². The van der Waals surface area contributed by atoms with Crippen LogP contribution in [0.2, 0.25) is 5.15 Å². The number of aromatic nitrogens is 8. The molecular weight excluding hydrogens is 406 g/mol. The predicted molar refractivity (Wildman–Crippen MR) is 111 cm³/mol. The summed E-state index contributed by atoms with van der Waals surface area (Å²) in [5.41, 5.74) is 3.54. The highest BCUT2D eigenvalue weighted by molar-refractivity contribution is 6.34. The number of nitrogens with one attached hydrogen (secondary N) is 1. The Hall–Kier alpha value is -3.14. The first-order chi connectivity index (χ1) is 14.6. The van der Waals surface area contributed by atoms with Crippen LogP contribution in [0, 0.1) is 6.92 Å². The number of halogens is 1. The summed E-state index contributed by atoms with van der Waals surface area (Å²) in [6.45, 7) is 3.12. The summed E-state index contributed by atoms with van der Waals surface area (Å²) in [7, 11) is 1.93. The minimum absolute atomic E-state index is 0.404. The second-order valence-corrected chi connectivity index (χ2v) is 8.15. The van der Waals surface area contributed by atoms with Gasteiger partial charge >= 0.3 is 0 Å². The van der Waals surface area contributed by atoms with Crippen LogP contribution in [0.5, 0.6) is 5.88 Å². The van der Waals surface area contributed by atoms with Crippen molar-refractivity contribution >= 4 is 34.3 Å². The van der Waals surface area contributed by atoms with E-state index in [9.17, 15) is 0 Å². The molecule has 6 rings (SSSR count). The fourth-order valence-corrected chi connectivity index (χ4v) is 4.19. The lowest BCUT2D eigenvalue weighted by Gasteiger charge is -2.09. The molecule has 1 fully saturated rings. The van der Waals surface area contributed by atoms with Gasteiger partial charge in [-0.05, 0) is 19.8 Å². The first-order valence-electron chi connectivity index (χ1n) is 10.0. The molecule has 11 heteroatoms. The summed E-state index contributed by atoms with van der Waals surface area (Å²) in [5, 5.41) is 18.2. The van der Waals surface area contributed by atoms with E-state index in [1.165, 1.54) is 0 Å².